The summed E-state index contributed by atoms with van der Waals surface area (Å²) in [6, 6.07) is 3.93. The zero-order valence-electron chi connectivity index (χ0n) is 18.6. The molecule has 4 aliphatic carbocycles. The van der Waals surface area contributed by atoms with E-state index in [1.54, 1.807) is 0 Å². The molecule has 4 fully saturated rings. The van der Waals surface area contributed by atoms with Gasteiger partial charge >= 0.3 is 194 Å². The average molecular weight is 556 g/mol. The van der Waals surface area contributed by atoms with Crippen LogP contribution in [-0.4, -0.2) is 38.1 Å². The molecule has 0 aliphatic heterocycles. The maximum absolute atomic E-state index is 13.1. The summed E-state index contributed by atoms with van der Waals surface area (Å²) < 4.78 is 22.3. The fourth-order valence-electron chi connectivity index (χ4n) is 5.30. The van der Waals surface area contributed by atoms with Gasteiger partial charge in [0.05, 0.1) is 0 Å². The Labute approximate surface area is 193 Å². The summed E-state index contributed by atoms with van der Waals surface area (Å²) >= 11 is -3.24. The van der Waals surface area contributed by atoms with Gasteiger partial charge < -0.3 is 0 Å². The summed E-state index contributed by atoms with van der Waals surface area (Å²) in [7, 11) is 2.61. The van der Waals surface area contributed by atoms with Crippen molar-refractivity contribution in [1.82, 2.24) is 0 Å². The van der Waals surface area contributed by atoms with Crippen LogP contribution in [0.15, 0.2) is 12.1 Å². The molecule has 0 radical (unpaired) electrons. The second-order valence-electron chi connectivity index (χ2n) is 9.68. The Morgan fingerprint density at radius 2 is 1.03 bits per heavy atom. The number of fused-ring (bicyclic) bond motifs is 2. The van der Waals surface area contributed by atoms with Crippen LogP contribution < -0.4 is 0 Å². The second kappa shape index (κ2) is 6.45. The summed E-state index contributed by atoms with van der Waals surface area (Å²) in [5.41, 5.74) is -0.400. The van der Waals surface area contributed by atoms with Crippen LogP contribution in [0.2, 0.25) is 0 Å². The van der Waals surface area contributed by atoms with Gasteiger partial charge in [-0.05, 0) is 0 Å². The maximum atomic E-state index is 13.1. The molecule has 5 rings (SSSR count). The summed E-state index contributed by atoms with van der Waals surface area (Å²) in [5.74, 6) is -1.79. The molecular formula is C23H25IO8. The van der Waals surface area contributed by atoms with E-state index in [0.29, 0.717) is 25.7 Å². The molecule has 9 heteroatoms. The van der Waals surface area contributed by atoms with E-state index in [0.717, 1.165) is 20.3 Å². The number of hydrogen-bond donors (Lipinski definition) is 0. The van der Waals surface area contributed by atoms with Crippen LogP contribution in [0.25, 0.3) is 0 Å². The van der Waals surface area contributed by atoms with Gasteiger partial charge in [-0.25, -0.2) is 0 Å². The third-order valence-electron chi connectivity index (χ3n) is 7.70. The molecule has 0 spiro atoms. The topological polar surface area (TPSA) is 105 Å². The van der Waals surface area contributed by atoms with Crippen molar-refractivity contribution in [3.8, 4) is 0 Å². The predicted molar refractivity (Wildman–Crippen MR) is 118 cm³/mol. The molecule has 0 heterocycles. The normalized spacial score (nSPS) is 34.8. The number of aryl methyl sites for hydroxylation is 3. The average Bonchev–Trinajstić information content (AvgIpc) is 3.56. The molecule has 0 N–H and O–H groups in total. The summed E-state index contributed by atoms with van der Waals surface area (Å²) in [6.07, 6.45) is 1.63. The zero-order chi connectivity index (χ0) is 23.3. The van der Waals surface area contributed by atoms with Crippen LogP contribution in [0.3, 0.4) is 0 Å². The van der Waals surface area contributed by atoms with Gasteiger partial charge in [0.25, 0.3) is 0 Å². The van der Waals surface area contributed by atoms with Gasteiger partial charge in [0.15, 0.2) is 0 Å². The third-order valence-corrected chi connectivity index (χ3v) is 11.9. The van der Waals surface area contributed by atoms with Gasteiger partial charge in [0.1, 0.15) is 0 Å². The minimum absolute atomic E-state index is 0.396. The van der Waals surface area contributed by atoms with Crippen LogP contribution in [-0.2, 0) is 34.8 Å². The zero-order valence-corrected chi connectivity index (χ0v) is 20.8. The van der Waals surface area contributed by atoms with E-state index in [9.17, 15) is 19.2 Å². The molecule has 32 heavy (non-hydrogen) atoms. The SMILES string of the molecule is COC(=O)C12CC1(C(=O)OI(OC(=O)C13CC1(C(=O)OC)C3)c1c(C)cc(C)cc1C)C2. The van der Waals surface area contributed by atoms with E-state index in [4.69, 9.17) is 15.6 Å². The Balaban J connectivity index is 1.39. The van der Waals surface area contributed by atoms with Crippen molar-refractivity contribution in [2.45, 2.75) is 46.5 Å². The van der Waals surface area contributed by atoms with E-state index >= 15 is 0 Å². The van der Waals surface area contributed by atoms with E-state index in [2.05, 4.69) is 0 Å². The molecule has 0 aromatic heterocycles. The fourth-order valence-corrected chi connectivity index (χ4v) is 9.10. The van der Waals surface area contributed by atoms with Gasteiger partial charge in [0, 0.05) is 0 Å². The van der Waals surface area contributed by atoms with E-state index in [1.807, 2.05) is 32.9 Å². The number of benzene rings is 1. The molecule has 0 unspecified atom stereocenters. The molecular weight excluding hydrogens is 531 g/mol. The van der Waals surface area contributed by atoms with E-state index in [-0.39, 0.29) is 0 Å². The van der Waals surface area contributed by atoms with E-state index in [1.165, 1.54) is 14.2 Å². The Bertz CT molecular complexity index is 1010. The molecule has 0 amide bonds. The molecule has 1 aromatic carbocycles. The Kier molecular flexibility index (Phi) is 4.37. The van der Waals surface area contributed by atoms with Crippen molar-refractivity contribution >= 4 is 44.5 Å². The van der Waals surface area contributed by atoms with Gasteiger partial charge in [-0.2, -0.15) is 0 Å². The predicted octanol–water partition coefficient (Wildman–Crippen LogP) is 3.11. The number of ether oxygens (including phenoxy) is 2. The Hall–Kier alpha value is -2.17. The number of carbonyl (C=O) groups is 4. The summed E-state index contributed by atoms with van der Waals surface area (Å²) in [4.78, 5) is 50.3. The molecule has 0 saturated heterocycles. The van der Waals surface area contributed by atoms with Gasteiger partial charge in [-0.1, -0.05) is 0 Å². The first kappa shape index (κ1) is 21.7. The monoisotopic (exact) mass is 556 g/mol. The van der Waals surface area contributed by atoms with Crippen molar-refractivity contribution in [3.05, 3.63) is 32.4 Å². The molecule has 1 aromatic rings. The number of halogens is 1. The van der Waals surface area contributed by atoms with Crippen LogP contribution >= 0.6 is 20.6 Å². The minimum atomic E-state index is -3.24. The van der Waals surface area contributed by atoms with Crippen LogP contribution in [0.1, 0.15) is 42.4 Å². The van der Waals surface area contributed by atoms with Crippen molar-refractivity contribution in [2.24, 2.45) is 21.7 Å². The van der Waals surface area contributed by atoms with Gasteiger partial charge in [-0.15, -0.1) is 0 Å². The van der Waals surface area contributed by atoms with Gasteiger partial charge in [0.2, 0.25) is 0 Å². The standard InChI is InChI=1S/C23H25IO8/c1-12-6-13(2)15(14(3)7-12)24(31-18(27)22-8-20(22,9-22)16(25)29-4)32-19(28)23-10-21(23,11-23)17(26)30-5/h6-7H,8-11H2,1-5H3. The number of rotatable bonds is 7. The third kappa shape index (κ3) is 2.60. The number of methoxy groups -OCH3 is 2. The van der Waals surface area contributed by atoms with Crippen molar-refractivity contribution in [1.29, 1.82) is 0 Å². The first-order valence-corrected chi connectivity index (χ1v) is 13.3. The molecule has 4 saturated carbocycles. The number of carbonyl (C=O) groups excluding carboxylic acids is 4. The fraction of sp³-hybridized carbons (Fsp3) is 0.565. The first-order valence-electron chi connectivity index (χ1n) is 10.4. The molecule has 4 aliphatic rings. The molecule has 0 bridgehead atoms. The summed E-state index contributed by atoms with van der Waals surface area (Å²) in [5, 5.41) is 0. The molecule has 0 atom stereocenters. The van der Waals surface area contributed by atoms with Gasteiger partial charge in [-0.3, -0.25) is 0 Å². The Morgan fingerprint density at radius 3 is 1.38 bits per heavy atom. The quantitative estimate of drug-likeness (QED) is 0.373. The number of esters is 2. The molecule has 8 nitrogen and oxygen atoms in total. The molecule has 172 valence electrons. The van der Waals surface area contributed by atoms with Crippen molar-refractivity contribution in [3.63, 3.8) is 0 Å². The van der Waals surface area contributed by atoms with Crippen LogP contribution in [0, 0.1) is 46.0 Å². The first-order chi connectivity index (χ1) is 15.0. The second-order valence-corrected chi connectivity index (χ2v) is 12.9. The Morgan fingerprint density at radius 1 is 0.688 bits per heavy atom. The van der Waals surface area contributed by atoms with Crippen LogP contribution in [0.4, 0.5) is 0 Å². The number of hydrogen-bond acceptors (Lipinski definition) is 8. The van der Waals surface area contributed by atoms with Crippen molar-refractivity contribution < 1.29 is 34.8 Å². The van der Waals surface area contributed by atoms with E-state index < -0.39 is 66.2 Å². The van der Waals surface area contributed by atoms with Crippen LogP contribution in [0.5, 0.6) is 0 Å². The summed E-state index contributed by atoms with van der Waals surface area (Å²) in [6.45, 7) is 5.77. The van der Waals surface area contributed by atoms with Crippen molar-refractivity contribution in [2.75, 3.05) is 14.2 Å².